The van der Waals surface area contributed by atoms with E-state index in [1.165, 1.54) is 5.56 Å². The van der Waals surface area contributed by atoms with Gasteiger partial charge in [-0.1, -0.05) is 25.1 Å². The molecule has 4 N–H and O–H groups in total. The van der Waals surface area contributed by atoms with Crippen molar-refractivity contribution >= 4 is 66.6 Å². The molecule has 8 rings (SSSR count). The molecule has 2 fully saturated rings. The molecular weight excluding hydrogens is 729 g/mol. The Hall–Kier alpha value is -4.50. The number of aliphatic hydroxyl groups excluding tert-OH is 1. The molecule has 1 saturated carbocycles. The Bertz CT molecular complexity index is 2220. The highest BCUT2D eigenvalue weighted by atomic mass is 32.1. The maximum atomic E-state index is 9.69. The molecule has 55 heavy (non-hydrogen) atoms. The van der Waals surface area contributed by atoms with Crippen LogP contribution in [0.5, 0.6) is 0 Å². The summed E-state index contributed by atoms with van der Waals surface area (Å²) in [4.78, 5) is 32.2. The van der Waals surface area contributed by atoms with Gasteiger partial charge in [0.1, 0.15) is 21.7 Å². The number of morpholine rings is 1. The molecular formula is C41H50N10O2S2. The normalized spacial score (nSPS) is 17.3. The molecule has 1 aliphatic heterocycles. The topological polar surface area (TPSA) is 146 Å². The Morgan fingerprint density at radius 1 is 0.782 bits per heavy atom. The number of aromatic nitrogens is 6. The molecule has 2 aliphatic rings. The fourth-order valence-corrected chi connectivity index (χ4v) is 9.74. The molecule has 0 unspecified atom stereocenters. The zero-order valence-corrected chi connectivity index (χ0v) is 33.5. The highest BCUT2D eigenvalue weighted by Crippen LogP contribution is 2.39. The number of rotatable bonds is 15. The number of anilines is 4. The Balaban J connectivity index is 0.966. The average molecular weight is 779 g/mol. The Morgan fingerprint density at radius 2 is 1.49 bits per heavy atom. The molecule has 288 valence electrons. The molecule has 0 bridgehead atoms. The standard InChI is InChI=1S/C41H50N10O2S2/c1-4-15-42-41-46-26(3)35(37(50-41)51-17-19-53-20-18-51)39-48-31-22-27(13-14-33(31)55-39)8-7-16-43-40-45-25(2)34(38-47-30-9-5-6-10-32(30)54-38)36(49-40)44-23-28-11-12-29(21-28)24-52/h5-6,9-10,13-14,22,28-29,52H,4,7-8,11-12,15-21,23-24H2,1-3H3,(H,42,46,50)(H2,43,44,45,49)/t28-,29+/m0/s1. The molecule has 0 amide bonds. The van der Waals surface area contributed by atoms with Crippen molar-refractivity contribution in [3.8, 4) is 21.1 Å². The van der Waals surface area contributed by atoms with Crippen LogP contribution in [0.3, 0.4) is 0 Å². The van der Waals surface area contributed by atoms with E-state index in [0.29, 0.717) is 36.9 Å². The summed E-state index contributed by atoms with van der Waals surface area (Å²) in [6, 6.07) is 14.9. The summed E-state index contributed by atoms with van der Waals surface area (Å²) in [6.07, 6.45) is 6.05. The zero-order valence-electron chi connectivity index (χ0n) is 31.9. The first-order valence-electron chi connectivity index (χ1n) is 19.6. The summed E-state index contributed by atoms with van der Waals surface area (Å²) in [5.41, 5.74) is 7.02. The number of thiazole rings is 2. The van der Waals surface area contributed by atoms with Crippen molar-refractivity contribution in [2.24, 2.45) is 11.8 Å². The smallest absolute Gasteiger partial charge is 0.224 e. The van der Waals surface area contributed by atoms with Gasteiger partial charge in [0, 0.05) is 39.3 Å². The van der Waals surface area contributed by atoms with Gasteiger partial charge in [-0.25, -0.2) is 19.9 Å². The first-order chi connectivity index (χ1) is 26.9. The van der Waals surface area contributed by atoms with Crippen LogP contribution < -0.4 is 20.9 Å². The molecule has 2 aromatic carbocycles. The minimum Gasteiger partial charge on any atom is -0.396 e. The van der Waals surface area contributed by atoms with Crippen LogP contribution in [0, 0.1) is 25.7 Å². The second-order valence-electron chi connectivity index (χ2n) is 14.7. The van der Waals surface area contributed by atoms with Gasteiger partial charge in [0.05, 0.1) is 56.2 Å². The number of hydrogen-bond acceptors (Lipinski definition) is 14. The molecule has 12 nitrogen and oxygen atoms in total. The number of fused-ring (bicyclic) bond motifs is 2. The first-order valence-corrected chi connectivity index (χ1v) is 21.3. The van der Waals surface area contributed by atoms with Gasteiger partial charge in [0.25, 0.3) is 0 Å². The number of nitrogens with zero attached hydrogens (tertiary/aromatic N) is 7. The van der Waals surface area contributed by atoms with Crippen LogP contribution in [0.15, 0.2) is 42.5 Å². The Kier molecular flexibility index (Phi) is 11.6. The summed E-state index contributed by atoms with van der Waals surface area (Å²) in [7, 11) is 0. The number of hydrogen-bond donors (Lipinski definition) is 4. The predicted octanol–water partition coefficient (Wildman–Crippen LogP) is 7.96. The maximum Gasteiger partial charge on any atom is 0.224 e. The van der Waals surface area contributed by atoms with Gasteiger partial charge in [0.2, 0.25) is 11.9 Å². The summed E-state index contributed by atoms with van der Waals surface area (Å²) in [5.74, 6) is 3.94. The minimum absolute atomic E-state index is 0.268. The van der Waals surface area contributed by atoms with Crippen LogP contribution in [0.4, 0.5) is 23.5 Å². The van der Waals surface area contributed by atoms with Crippen molar-refractivity contribution in [2.75, 3.05) is 73.4 Å². The van der Waals surface area contributed by atoms with Gasteiger partial charge >= 0.3 is 0 Å². The van der Waals surface area contributed by atoms with Crippen molar-refractivity contribution in [2.45, 2.75) is 59.3 Å². The van der Waals surface area contributed by atoms with Crippen molar-refractivity contribution in [3.63, 3.8) is 0 Å². The fourth-order valence-electron chi connectivity index (χ4n) is 7.64. The van der Waals surface area contributed by atoms with Gasteiger partial charge in [-0.2, -0.15) is 9.97 Å². The lowest BCUT2D eigenvalue weighted by molar-refractivity contribution is 0.122. The summed E-state index contributed by atoms with van der Waals surface area (Å²) in [5, 5.41) is 22.1. The van der Waals surface area contributed by atoms with Gasteiger partial charge < -0.3 is 30.7 Å². The van der Waals surface area contributed by atoms with E-state index in [0.717, 1.165) is 136 Å². The third kappa shape index (κ3) is 8.52. The van der Waals surface area contributed by atoms with E-state index in [9.17, 15) is 5.11 Å². The van der Waals surface area contributed by atoms with Crippen LogP contribution >= 0.6 is 22.7 Å². The van der Waals surface area contributed by atoms with E-state index in [4.69, 9.17) is 34.6 Å². The van der Waals surface area contributed by atoms with E-state index in [2.05, 4.69) is 65.0 Å². The Morgan fingerprint density at radius 3 is 2.27 bits per heavy atom. The van der Waals surface area contributed by atoms with E-state index in [1.54, 1.807) is 22.7 Å². The zero-order chi connectivity index (χ0) is 37.7. The molecule has 0 spiro atoms. The van der Waals surface area contributed by atoms with Crippen LogP contribution in [-0.4, -0.2) is 87.6 Å². The molecule has 5 heterocycles. The van der Waals surface area contributed by atoms with E-state index in [-0.39, 0.29) is 6.61 Å². The molecule has 4 aromatic heterocycles. The number of para-hydroxylation sites is 1. The predicted molar refractivity (Wildman–Crippen MR) is 226 cm³/mol. The lowest BCUT2D eigenvalue weighted by atomic mass is 10.1. The van der Waals surface area contributed by atoms with Crippen molar-refractivity contribution < 1.29 is 9.84 Å². The molecule has 1 aliphatic carbocycles. The van der Waals surface area contributed by atoms with E-state index in [1.807, 2.05) is 19.1 Å². The van der Waals surface area contributed by atoms with Crippen molar-refractivity contribution in [1.82, 2.24) is 29.9 Å². The number of nitrogens with one attached hydrogen (secondary N) is 3. The highest BCUT2D eigenvalue weighted by Gasteiger charge is 2.26. The van der Waals surface area contributed by atoms with Gasteiger partial charge in [-0.15, -0.1) is 22.7 Å². The summed E-state index contributed by atoms with van der Waals surface area (Å²) in [6.45, 7) is 11.8. The van der Waals surface area contributed by atoms with Gasteiger partial charge in [-0.05, 0) is 94.0 Å². The van der Waals surface area contributed by atoms with Crippen LogP contribution in [0.25, 0.3) is 41.6 Å². The van der Waals surface area contributed by atoms with Crippen LogP contribution in [0.2, 0.25) is 0 Å². The maximum absolute atomic E-state index is 9.69. The average Bonchev–Trinajstić information content (AvgIpc) is 3.96. The minimum atomic E-state index is 0.268. The fraction of sp³-hybridized carbons (Fsp3) is 0.463. The van der Waals surface area contributed by atoms with E-state index >= 15 is 0 Å². The number of aryl methyl sites for hydroxylation is 3. The monoisotopic (exact) mass is 778 g/mol. The summed E-state index contributed by atoms with van der Waals surface area (Å²) < 4.78 is 7.96. The van der Waals surface area contributed by atoms with Crippen molar-refractivity contribution in [1.29, 1.82) is 0 Å². The number of ether oxygens (including phenoxy) is 1. The van der Waals surface area contributed by atoms with Gasteiger partial charge in [-0.3, -0.25) is 0 Å². The highest BCUT2D eigenvalue weighted by molar-refractivity contribution is 7.22. The molecule has 2 atom stereocenters. The Labute approximate surface area is 330 Å². The third-order valence-corrected chi connectivity index (χ3v) is 12.7. The number of benzene rings is 2. The SMILES string of the molecule is CCCNc1nc(C)c(-c2nc3cc(CCCNc4nc(C)c(-c5nc6ccccc6s5)c(NC[C@H]5CC[C@@H](CO)C5)n4)ccc3s2)c(N2CCOCC2)n1. The lowest BCUT2D eigenvalue weighted by Gasteiger charge is -2.29. The quantitative estimate of drug-likeness (QED) is 0.0751. The molecule has 0 radical (unpaired) electrons. The van der Waals surface area contributed by atoms with Crippen LogP contribution in [-0.2, 0) is 11.2 Å². The second kappa shape index (κ2) is 17.1. The van der Waals surface area contributed by atoms with Gasteiger partial charge in [0.15, 0.2) is 0 Å². The lowest BCUT2D eigenvalue weighted by Crippen LogP contribution is -2.37. The third-order valence-electron chi connectivity index (χ3n) is 10.6. The van der Waals surface area contributed by atoms with Crippen LogP contribution in [0.1, 0.15) is 56.0 Å². The van der Waals surface area contributed by atoms with E-state index < -0.39 is 0 Å². The van der Waals surface area contributed by atoms with Crippen molar-refractivity contribution in [3.05, 3.63) is 59.4 Å². The largest absolute Gasteiger partial charge is 0.396 e. The molecule has 14 heteroatoms. The molecule has 6 aromatic rings. The number of aliphatic hydroxyl groups is 1. The second-order valence-corrected chi connectivity index (χ2v) is 16.7. The summed E-state index contributed by atoms with van der Waals surface area (Å²) >= 11 is 3.37. The molecule has 1 saturated heterocycles. The first kappa shape index (κ1) is 37.4.